The summed E-state index contributed by atoms with van der Waals surface area (Å²) in [6.45, 7) is 3.45. The third-order valence-electron chi connectivity index (χ3n) is 3.86. The van der Waals surface area contributed by atoms with E-state index in [2.05, 4.69) is 23.1 Å². The first kappa shape index (κ1) is 13.8. The first-order valence-electron chi connectivity index (χ1n) is 7.27. The molecule has 1 saturated heterocycles. The van der Waals surface area contributed by atoms with Crippen LogP contribution in [0.2, 0.25) is 0 Å². The molecule has 5 heteroatoms. The maximum atomic E-state index is 10.8. The van der Waals surface area contributed by atoms with Gasteiger partial charge in [-0.1, -0.05) is 18.2 Å². The lowest BCUT2D eigenvalue weighted by Crippen LogP contribution is -2.34. The summed E-state index contributed by atoms with van der Waals surface area (Å²) in [7, 11) is 0. The predicted octanol–water partition coefficient (Wildman–Crippen LogP) is 1.83. The number of hydrogen-bond donors (Lipinski definition) is 1. The molecule has 0 radical (unpaired) electrons. The molecule has 0 atom stereocenters. The van der Waals surface area contributed by atoms with Gasteiger partial charge in [0.25, 0.3) is 0 Å². The SMILES string of the molecule is O=C(O)CN1CCCN(c2ccc3ccccc3n2)CC1. The molecule has 21 heavy (non-hydrogen) atoms. The molecule has 1 N–H and O–H groups in total. The zero-order valence-electron chi connectivity index (χ0n) is 11.9. The average Bonchev–Trinajstić information content (AvgIpc) is 2.72. The summed E-state index contributed by atoms with van der Waals surface area (Å²) in [6, 6.07) is 12.2. The van der Waals surface area contributed by atoms with E-state index in [0.29, 0.717) is 0 Å². The number of carboxylic acid groups (broad SMARTS) is 1. The second-order valence-electron chi connectivity index (χ2n) is 5.37. The van der Waals surface area contributed by atoms with Gasteiger partial charge < -0.3 is 10.0 Å². The summed E-state index contributed by atoms with van der Waals surface area (Å²) in [4.78, 5) is 19.8. The van der Waals surface area contributed by atoms with Crippen molar-refractivity contribution < 1.29 is 9.90 Å². The number of anilines is 1. The number of rotatable bonds is 3. The molecule has 110 valence electrons. The number of carbonyl (C=O) groups is 1. The molecule has 0 saturated carbocycles. The molecule has 0 amide bonds. The lowest BCUT2D eigenvalue weighted by Gasteiger charge is -2.22. The monoisotopic (exact) mass is 285 g/mol. The van der Waals surface area contributed by atoms with E-state index in [1.54, 1.807) is 0 Å². The Kier molecular flexibility index (Phi) is 4.01. The number of fused-ring (bicyclic) bond motifs is 1. The van der Waals surface area contributed by atoms with Crippen LogP contribution in [0.5, 0.6) is 0 Å². The number of aliphatic carboxylic acids is 1. The van der Waals surface area contributed by atoms with E-state index in [1.165, 1.54) is 0 Å². The van der Waals surface area contributed by atoms with Crippen molar-refractivity contribution in [1.82, 2.24) is 9.88 Å². The molecule has 0 spiro atoms. The van der Waals surface area contributed by atoms with Crippen LogP contribution < -0.4 is 4.90 Å². The third-order valence-corrected chi connectivity index (χ3v) is 3.86. The normalized spacial score (nSPS) is 16.9. The first-order valence-corrected chi connectivity index (χ1v) is 7.27. The highest BCUT2D eigenvalue weighted by Gasteiger charge is 2.17. The number of para-hydroxylation sites is 1. The number of nitrogens with zero attached hydrogens (tertiary/aromatic N) is 3. The van der Waals surface area contributed by atoms with Crippen molar-refractivity contribution in [3.8, 4) is 0 Å². The fourth-order valence-electron chi connectivity index (χ4n) is 2.78. The largest absolute Gasteiger partial charge is 0.480 e. The minimum atomic E-state index is -0.757. The summed E-state index contributed by atoms with van der Waals surface area (Å²) in [5, 5.41) is 10.0. The fraction of sp³-hybridized carbons (Fsp3) is 0.375. The highest BCUT2D eigenvalue weighted by molar-refractivity contribution is 5.80. The molecule has 1 fully saturated rings. The molecule has 0 aliphatic carbocycles. The zero-order valence-corrected chi connectivity index (χ0v) is 11.9. The Morgan fingerprint density at radius 1 is 1.10 bits per heavy atom. The van der Waals surface area contributed by atoms with Crippen molar-refractivity contribution >= 4 is 22.7 Å². The van der Waals surface area contributed by atoms with Crippen LogP contribution in [0, 0.1) is 0 Å². The fourth-order valence-corrected chi connectivity index (χ4v) is 2.78. The second-order valence-corrected chi connectivity index (χ2v) is 5.37. The molecular weight excluding hydrogens is 266 g/mol. The maximum Gasteiger partial charge on any atom is 0.317 e. The van der Waals surface area contributed by atoms with Crippen LogP contribution in [0.4, 0.5) is 5.82 Å². The topological polar surface area (TPSA) is 56.7 Å². The Balaban J connectivity index is 1.74. The lowest BCUT2D eigenvalue weighted by molar-refractivity contribution is -0.138. The van der Waals surface area contributed by atoms with Gasteiger partial charge in [0.05, 0.1) is 12.1 Å². The van der Waals surface area contributed by atoms with Crippen LogP contribution in [-0.4, -0.2) is 53.7 Å². The Morgan fingerprint density at radius 3 is 2.81 bits per heavy atom. The smallest absolute Gasteiger partial charge is 0.317 e. The van der Waals surface area contributed by atoms with Gasteiger partial charge in [0.15, 0.2) is 0 Å². The molecule has 0 unspecified atom stereocenters. The Bertz CT molecular complexity index is 644. The molecule has 1 aliphatic heterocycles. The molecule has 3 rings (SSSR count). The van der Waals surface area contributed by atoms with Gasteiger partial charge in [0, 0.05) is 31.6 Å². The van der Waals surface area contributed by atoms with E-state index < -0.39 is 5.97 Å². The van der Waals surface area contributed by atoms with Crippen molar-refractivity contribution in [2.24, 2.45) is 0 Å². The van der Waals surface area contributed by atoms with Crippen LogP contribution >= 0.6 is 0 Å². The summed E-state index contributed by atoms with van der Waals surface area (Å²) in [5.74, 6) is 0.221. The van der Waals surface area contributed by atoms with Gasteiger partial charge in [0.1, 0.15) is 5.82 Å². The number of benzene rings is 1. The molecular formula is C16H19N3O2. The van der Waals surface area contributed by atoms with Crippen molar-refractivity contribution in [2.45, 2.75) is 6.42 Å². The third kappa shape index (κ3) is 3.31. The summed E-state index contributed by atoms with van der Waals surface area (Å²) >= 11 is 0. The molecule has 2 aromatic rings. The number of carboxylic acids is 1. The van der Waals surface area contributed by atoms with E-state index in [4.69, 9.17) is 10.1 Å². The summed E-state index contributed by atoms with van der Waals surface area (Å²) in [5.41, 5.74) is 1.00. The standard InChI is InChI=1S/C16H19N3O2/c20-16(21)12-18-8-3-9-19(11-10-18)15-7-6-13-4-1-2-5-14(13)17-15/h1-2,4-7H,3,8-12H2,(H,20,21). The maximum absolute atomic E-state index is 10.8. The van der Waals surface area contributed by atoms with Gasteiger partial charge in [-0.2, -0.15) is 0 Å². The molecule has 0 bridgehead atoms. The van der Waals surface area contributed by atoms with Gasteiger partial charge in [-0.05, 0) is 24.6 Å². The van der Waals surface area contributed by atoms with E-state index in [9.17, 15) is 4.79 Å². The zero-order chi connectivity index (χ0) is 14.7. The van der Waals surface area contributed by atoms with Gasteiger partial charge >= 0.3 is 5.97 Å². The van der Waals surface area contributed by atoms with Crippen molar-refractivity contribution in [1.29, 1.82) is 0 Å². The Labute approximate surface area is 123 Å². The van der Waals surface area contributed by atoms with Crippen LogP contribution in [0.3, 0.4) is 0 Å². The van der Waals surface area contributed by atoms with Crippen molar-refractivity contribution in [3.63, 3.8) is 0 Å². The number of aromatic nitrogens is 1. The molecule has 2 heterocycles. The summed E-state index contributed by atoms with van der Waals surface area (Å²) in [6.07, 6.45) is 0.960. The average molecular weight is 285 g/mol. The molecule has 1 aliphatic rings. The van der Waals surface area contributed by atoms with E-state index in [0.717, 1.165) is 49.3 Å². The highest BCUT2D eigenvalue weighted by atomic mass is 16.4. The van der Waals surface area contributed by atoms with Crippen LogP contribution in [0.15, 0.2) is 36.4 Å². The van der Waals surface area contributed by atoms with Gasteiger partial charge in [-0.25, -0.2) is 4.98 Å². The van der Waals surface area contributed by atoms with Crippen LogP contribution in [0.1, 0.15) is 6.42 Å². The highest BCUT2D eigenvalue weighted by Crippen LogP contribution is 2.19. The Morgan fingerprint density at radius 2 is 1.95 bits per heavy atom. The van der Waals surface area contributed by atoms with Gasteiger partial charge in [0.2, 0.25) is 0 Å². The van der Waals surface area contributed by atoms with Crippen molar-refractivity contribution in [2.75, 3.05) is 37.6 Å². The summed E-state index contributed by atoms with van der Waals surface area (Å²) < 4.78 is 0. The minimum Gasteiger partial charge on any atom is -0.480 e. The molecule has 1 aromatic heterocycles. The van der Waals surface area contributed by atoms with Crippen LogP contribution in [0.25, 0.3) is 10.9 Å². The van der Waals surface area contributed by atoms with Crippen molar-refractivity contribution in [3.05, 3.63) is 36.4 Å². The lowest BCUT2D eigenvalue weighted by atomic mass is 10.2. The van der Waals surface area contributed by atoms with Gasteiger partial charge in [-0.15, -0.1) is 0 Å². The van der Waals surface area contributed by atoms with Gasteiger partial charge in [-0.3, -0.25) is 9.69 Å². The number of hydrogen-bond acceptors (Lipinski definition) is 4. The van der Waals surface area contributed by atoms with Crippen LogP contribution in [-0.2, 0) is 4.79 Å². The predicted molar refractivity (Wildman–Crippen MR) is 82.6 cm³/mol. The minimum absolute atomic E-state index is 0.124. The second kappa shape index (κ2) is 6.10. The first-order chi connectivity index (χ1) is 10.2. The molecule has 5 nitrogen and oxygen atoms in total. The van der Waals surface area contributed by atoms with E-state index in [-0.39, 0.29) is 6.54 Å². The molecule has 1 aromatic carbocycles. The van der Waals surface area contributed by atoms with E-state index >= 15 is 0 Å². The number of pyridine rings is 1. The Hall–Kier alpha value is -2.14. The quantitative estimate of drug-likeness (QED) is 0.932. The van der Waals surface area contributed by atoms with E-state index in [1.807, 2.05) is 23.1 Å².